The summed E-state index contributed by atoms with van der Waals surface area (Å²) in [4.78, 5) is 24.1. The van der Waals surface area contributed by atoms with Gasteiger partial charge in [-0.1, -0.05) is 12.8 Å². The maximum absolute atomic E-state index is 11.7. The van der Waals surface area contributed by atoms with Crippen molar-refractivity contribution in [1.29, 1.82) is 0 Å². The predicted octanol–water partition coefficient (Wildman–Crippen LogP) is 1.13. The van der Waals surface area contributed by atoms with Gasteiger partial charge in [-0.3, -0.25) is 4.79 Å². The summed E-state index contributed by atoms with van der Waals surface area (Å²) in [7, 11) is 3.04. The lowest BCUT2D eigenvalue weighted by atomic mass is 10.2. The zero-order chi connectivity index (χ0) is 12.0. The fourth-order valence-corrected chi connectivity index (χ4v) is 1.82. The summed E-state index contributed by atoms with van der Waals surface area (Å²) < 4.78 is 4.52. The van der Waals surface area contributed by atoms with Gasteiger partial charge in [-0.05, 0) is 12.8 Å². The molecule has 1 aliphatic carbocycles. The van der Waals surface area contributed by atoms with Crippen molar-refractivity contribution in [2.75, 3.05) is 20.7 Å². The lowest BCUT2D eigenvalue weighted by Gasteiger charge is -2.20. The molecule has 0 aliphatic heterocycles. The standard InChI is InChI=1S/C11H20N2O3/c1-13(8-7-10(14)16-2)11(15)12-9-5-3-4-6-9/h9H,3-8H2,1-2H3,(H,12,15). The second-order valence-electron chi connectivity index (χ2n) is 4.18. The molecule has 0 unspecified atom stereocenters. The van der Waals surface area contributed by atoms with E-state index in [0.717, 1.165) is 12.8 Å². The molecule has 0 aromatic heterocycles. The topological polar surface area (TPSA) is 58.6 Å². The summed E-state index contributed by atoms with van der Waals surface area (Å²) in [5, 5.41) is 2.96. The zero-order valence-electron chi connectivity index (χ0n) is 9.99. The van der Waals surface area contributed by atoms with E-state index in [1.54, 1.807) is 7.05 Å². The Morgan fingerprint density at radius 2 is 2.00 bits per heavy atom. The van der Waals surface area contributed by atoms with E-state index >= 15 is 0 Å². The Morgan fingerprint density at radius 1 is 1.38 bits per heavy atom. The molecule has 0 radical (unpaired) electrons. The van der Waals surface area contributed by atoms with Crippen LogP contribution in [0, 0.1) is 0 Å². The molecule has 1 fully saturated rings. The van der Waals surface area contributed by atoms with E-state index in [-0.39, 0.29) is 18.4 Å². The first-order chi connectivity index (χ1) is 7.63. The Bertz CT molecular complexity index is 250. The second kappa shape index (κ2) is 6.35. The molecular weight excluding hydrogens is 208 g/mol. The first-order valence-corrected chi connectivity index (χ1v) is 5.72. The maximum atomic E-state index is 11.7. The van der Waals surface area contributed by atoms with Gasteiger partial charge in [0.25, 0.3) is 0 Å². The maximum Gasteiger partial charge on any atom is 0.317 e. The molecule has 1 aliphatic rings. The van der Waals surface area contributed by atoms with E-state index in [4.69, 9.17) is 0 Å². The third kappa shape index (κ3) is 4.08. The molecule has 5 nitrogen and oxygen atoms in total. The van der Waals surface area contributed by atoms with Gasteiger partial charge < -0.3 is 15.0 Å². The molecule has 1 rings (SSSR count). The molecule has 16 heavy (non-hydrogen) atoms. The molecule has 0 aromatic rings. The average Bonchev–Trinajstić information content (AvgIpc) is 2.77. The van der Waals surface area contributed by atoms with Gasteiger partial charge >= 0.3 is 12.0 Å². The predicted molar refractivity (Wildman–Crippen MR) is 60.1 cm³/mol. The van der Waals surface area contributed by atoms with Crippen molar-refractivity contribution in [3.8, 4) is 0 Å². The van der Waals surface area contributed by atoms with Gasteiger partial charge in [-0.25, -0.2) is 4.79 Å². The highest BCUT2D eigenvalue weighted by molar-refractivity contribution is 5.75. The molecule has 1 N–H and O–H groups in total. The van der Waals surface area contributed by atoms with Crippen molar-refractivity contribution in [2.24, 2.45) is 0 Å². The molecule has 0 bridgehead atoms. The SMILES string of the molecule is COC(=O)CCN(C)C(=O)NC1CCCC1. The fraction of sp³-hybridized carbons (Fsp3) is 0.818. The lowest BCUT2D eigenvalue weighted by Crippen LogP contribution is -2.42. The van der Waals surface area contributed by atoms with E-state index in [1.807, 2.05) is 0 Å². The number of urea groups is 1. The van der Waals surface area contributed by atoms with Crippen molar-refractivity contribution < 1.29 is 14.3 Å². The minimum absolute atomic E-state index is 0.101. The first kappa shape index (κ1) is 12.8. The van der Waals surface area contributed by atoms with Crippen molar-refractivity contribution >= 4 is 12.0 Å². The van der Waals surface area contributed by atoms with Crippen molar-refractivity contribution in [3.63, 3.8) is 0 Å². The van der Waals surface area contributed by atoms with Crippen LogP contribution in [-0.4, -0.2) is 43.6 Å². The van der Waals surface area contributed by atoms with Gasteiger partial charge in [-0.2, -0.15) is 0 Å². The molecular formula is C11H20N2O3. The number of nitrogens with one attached hydrogen (secondary N) is 1. The number of esters is 1. The van der Waals surface area contributed by atoms with Crippen LogP contribution in [0.3, 0.4) is 0 Å². The minimum atomic E-state index is -0.291. The number of rotatable bonds is 4. The zero-order valence-corrected chi connectivity index (χ0v) is 9.99. The minimum Gasteiger partial charge on any atom is -0.469 e. The van der Waals surface area contributed by atoms with Crippen LogP contribution in [0.4, 0.5) is 4.79 Å². The third-order valence-corrected chi connectivity index (χ3v) is 2.91. The van der Waals surface area contributed by atoms with Crippen LogP contribution in [0.25, 0.3) is 0 Å². The van der Waals surface area contributed by atoms with Gasteiger partial charge in [-0.15, -0.1) is 0 Å². The molecule has 0 saturated heterocycles. The summed E-state index contributed by atoms with van der Waals surface area (Å²) in [6.07, 6.45) is 4.76. The highest BCUT2D eigenvalue weighted by Gasteiger charge is 2.19. The smallest absolute Gasteiger partial charge is 0.317 e. The highest BCUT2D eigenvalue weighted by atomic mass is 16.5. The molecule has 0 aromatic carbocycles. The van der Waals surface area contributed by atoms with Crippen molar-refractivity contribution in [1.82, 2.24) is 10.2 Å². The summed E-state index contributed by atoms with van der Waals surface area (Å²) in [5.41, 5.74) is 0. The quantitative estimate of drug-likeness (QED) is 0.734. The summed E-state index contributed by atoms with van der Waals surface area (Å²) in [5.74, 6) is -0.291. The second-order valence-corrected chi connectivity index (χ2v) is 4.18. The van der Waals surface area contributed by atoms with E-state index in [1.165, 1.54) is 24.9 Å². The van der Waals surface area contributed by atoms with Crippen LogP contribution in [0.2, 0.25) is 0 Å². The van der Waals surface area contributed by atoms with Crippen LogP contribution < -0.4 is 5.32 Å². The molecule has 0 spiro atoms. The Hall–Kier alpha value is -1.26. The van der Waals surface area contributed by atoms with Gasteiger partial charge in [0.05, 0.1) is 13.5 Å². The number of ether oxygens (including phenoxy) is 1. The Balaban J connectivity index is 2.21. The van der Waals surface area contributed by atoms with E-state index in [2.05, 4.69) is 10.1 Å². The Labute approximate surface area is 96.1 Å². The van der Waals surface area contributed by atoms with Crippen molar-refractivity contribution in [3.05, 3.63) is 0 Å². The molecule has 0 heterocycles. The van der Waals surface area contributed by atoms with E-state index < -0.39 is 0 Å². The number of methoxy groups -OCH3 is 1. The molecule has 92 valence electrons. The van der Waals surface area contributed by atoms with Gasteiger partial charge in [0, 0.05) is 19.6 Å². The summed E-state index contributed by atoms with van der Waals surface area (Å²) in [6, 6.07) is 0.212. The third-order valence-electron chi connectivity index (χ3n) is 2.91. The first-order valence-electron chi connectivity index (χ1n) is 5.72. The van der Waals surface area contributed by atoms with Gasteiger partial charge in [0.2, 0.25) is 0 Å². The number of carbonyl (C=O) groups excluding carboxylic acids is 2. The summed E-state index contributed by atoms with van der Waals surface area (Å²) in [6.45, 7) is 0.394. The highest BCUT2D eigenvalue weighted by Crippen LogP contribution is 2.17. The number of hydrogen-bond donors (Lipinski definition) is 1. The molecule has 2 amide bonds. The molecule has 5 heteroatoms. The summed E-state index contributed by atoms with van der Waals surface area (Å²) >= 11 is 0. The van der Waals surface area contributed by atoms with Crippen LogP contribution >= 0.6 is 0 Å². The largest absolute Gasteiger partial charge is 0.469 e. The number of amides is 2. The molecule has 1 saturated carbocycles. The normalized spacial score (nSPS) is 15.9. The van der Waals surface area contributed by atoms with E-state index in [0.29, 0.717) is 12.6 Å². The monoisotopic (exact) mass is 228 g/mol. The fourth-order valence-electron chi connectivity index (χ4n) is 1.82. The lowest BCUT2D eigenvalue weighted by molar-refractivity contribution is -0.140. The van der Waals surface area contributed by atoms with Gasteiger partial charge in [0.15, 0.2) is 0 Å². The van der Waals surface area contributed by atoms with Crippen LogP contribution in [0.5, 0.6) is 0 Å². The number of nitrogens with zero attached hydrogens (tertiary/aromatic N) is 1. The van der Waals surface area contributed by atoms with Gasteiger partial charge in [0.1, 0.15) is 0 Å². The van der Waals surface area contributed by atoms with Crippen molar-refractivity contribution in [2.45, 2.75) is 38.1 Å². The molecule has 0 atom stereocenters. The average molecular weight is 228 g/mol. The van der Waals surface area contributed by atoms with Crippen LogP contribution in [0.1, 0.15) is 32.1 Å². The Morgan fingerprint density at radius 3 is 2.56 bits per heavy atom. The van der Waals surface area contributed by atoms with E-state index in [9.17, 15) is 9.59 Å². The van der Waals surface area contributed by atoms with Crippen LogP contribution in [-0.2, 0) is 9.53 Å². The van der Waals surface area contributed by atoms with Crippen LogP contribution in [0.15, 0.2) is 0 Å². The number of hydrogen-bond acceptors (Lipinski definition) is 3. The Kier molecular flexibility index (Phi) is 5.08. The number of carbonyl (C=O) groups is 2.